The lowest BCUT2D eigenvalue weighted by atomic mass is 9.68. The van der Waals surface area contributed by atoms with Crippen LogP contribution in [0.3, 0.4) is 0 Å². The van der Waals surface area contributed by atoms with Gasteiger partial charge in [0.1, 0.15) is 5.82 Å². The SMILES string of the molecule is CCCCCCCCCC1CCC(C2CCC(c3cnc(C4CCC(CCC)CC4)nc3)CC2)CC1. The lowest BCUT2D eigenvalue weighted by Crippen LogP contribution is -2.25. The fourth-order valence-electron chi connectivity index (χ4n) is 8.15. The summed E-state index contributed by atoms with van der Waals surface area (Å²) in [6.07, 6.45) is 36.0. The van der Waals surface area contributed by atoms with Gasteiger partial charge in [-0.05, 0) is 99.4 Å². The average Bonchev–Trinajstić information content (AvgIpc) is 2.94. The minimum Gasteiger partial charge on any atom is -0.241 e. The quantitative estimate of drug-likeness (QED) is 0.255. The standard InChI is InChI=1S/C34H58N2/c1-3-5-6-7-8-9-10-12-28-13-17-29(18-14-28)30-21-23-31(24-22-30)33-25-35-34(36-26-33)32-19-15-27(11-4-2)16-20-32/h25-32H,3-24H2,1-2H3. The molecule has 1 aromatic heterocycles. The van der Waals surface area contributed by atoms with Gasteiger partial charge in [0.2, 0.25) is 0 Å². The first-order valence-corrected chi connectivity index (χ1v) is 16.6. The van der Waals surface area contributed by atoms with Crippen molar-refractivity contribution in [3.05, 3.63) is 23.8 Å². The smallest absolute Gasteiger partial charge is 0.131 e. The summed E-state index contributed by atoms with van der Waals surface area (Å²) >= 11 is 0. The van der Waals surface area contributed by atoms with E-state index >= 15 is 0 Å². The molecule has 36 heavy (non-hydrogen) atoms. The molecule has 0 radical (unpaired) electrons. The Morgan fingerprint density at radius 3 is 1.64 bits per heavy atom. The summed E-state index contributed by atoms with van der Waals surface area (Å²) in [5.74, 6) is 6.49. The first-order chi connectivity index (χ1) is 17.8. The molecule has 0 N–H and O–H groups in total. The maximum Gasteiger partial charge on any atom is 0.131 e. The van der Waals surface area contributed by atoms with E-state index in [-0.39, 0.29) is 0 Å². The molecule has 2 heteroatoms. The maximum atomic E-state index is 4.90. The molecule has 3 saturated carbocycles. The topological polar surface area (TPSA) is 25.8 Å². The van der Waals surface area contributed by atoms with Crippen LogP contribution in [0.25, 0.3) is 0 Å². The van der Waals surface area contributed by atoms with Crippen molar-refractivity contribution in [2.24, 2.45) is 23.7 Å². The number of unbranched alkanes of at least 4 members (excludes halogenated alkanes) is 6. The lowest BCUT2D eigenvalue weighted by molar-refractivity contribution is 0.155. The zero-order valence-electron chi connectivity index (χ0n) is 24.1. The molecule has 204 valence electrons. The lowest BCUT2D eigenvalue weighted by Gasteiger charge is -2.38. The Bertz CT molecular complexity index is 688. The van der Waals surface area contributed by atoms with E-state index in [0.717, 1.165) is 29.5 Å². The summed E-state index contributed by atoms with van der Waals surface area (Å²) in [6, 6.07) is 0. The molecular weight excluding hydrogens is 436 g/mol. The third-order valence-corrected chi connectivity index (χ3v) is 10.6. The fourth-order valence-corrected chi connectivity index (χ4v) is 8.15. The van der Waals surface area contributed by atoms with Crippen molar-refractivity contribution < 1.29 is 0 Å². The molecule has 3 aliphatic rings. The van der Waals surface area contributed by atoms with Crippen LogP contribution in [0.2, 0.25) is 0 Å². The molecule has 3 fully saturated rings. The van der Waals surface area contributed by atoms with Gasteiger partial charge >= 0.3 is 0 Å². The average molecular weight is 495 g/mol. The number of hydrogen-bond acceptors (Lipinski definition) is 2. The normalized spacial score (nSPS) is 31.4. The van der Waals surface area contributed by atoms with Gasteiger partial charge in [0.25, 0.3) is 0 Å². The minimum absolute atomic E-state index is 0.615. The molecule has 1 heterocycles. The van der Waals surface area contributed by atoms with Gasteiger partial charge in [-0.1, -0.05) is 90.9 Å². The Hall–Kier alpha value is -0.920. The van der Waals surface area contributed by atoms with Crippen molar-refractivity contribution in [3.63, 3.8) is 0 Å². The second-order valence-corrected chi connectivity index (χ2v) is 13.2. The summed E-state index contributed by atoms with van der Waals surface area (Å²) in [7, 11) is 0. The second kappa shape index (κ2) is 15.5. The van der Waals surface area contributed by atoms with Crippen molar-refractivity contribution in [2.75, 3.05) is 0 Å². The van der Waals surface area contributed by atoms with Gasteiger partial charge in [-0.15, -0.1) is 0 Å². The predicted octanol–water partition coefficient (Wildman–Crippen LogP) is 10.8. The summed E-state index contributed by atoms with van der Waals surface area (Å²) in [5, 5.41) is 0. The number of nitrogens with zero attached hydrogens (tertiary/aromatic N) is 2. The molecule has 3 aliphatic carbocycles. The van der Waals surface area contributed by atoms with Crippen LogP contribution in [-0.4, -0.2) is 9.97 Å². The molecular formula is C34H58N2. The van der Waals surface area contributed by atoms with Crippen molar-refractivity contribution >= 4 is 0 Å². The van der Waals surface area contributed by atoms with Crippen molar-refractivity contribution in [1.82, 2.24) is 9.97 Å². The summed E-state index contributed by atoms with van der Waals surface area (Å²) < 4.78 is 0. The van der Waals surface area contributed by atoms with E-state index in [9.17, 15) is 0 Å². The van der Waals surface area contributed by atoms with Crippen LogP contribution >= 0.6 is 0 Å². The van der Waals surface area contributed by atoms with Crippen LogP contribution in [-0.2, 0) is 0 Å². The molecule has 0 aliphatic heterocycles. The van der Waals surface area contributed by atoms with Gasteiger partial charge in [0, 0.05) is 18.3 Å². The fraction of sp³-hybridized carbons (Fsp3) is 0.882. The Morgan fingerprint density at radius 1 is 0.528 bits per heavy atom. The van der Waals surface area contributed by atoms with Crippen molar-refractivity contribution in [1.29, 1.82) is 0 Å². The molecule has 0 spiro atoms. The second-order valence-electron chi connectivity index (χ2n) is 13.2. The summed E-state index contributed by atoms with van der Waals surface area (Å²) in [6.45, 7) is 4.64. The molecule has 0 atom stereocenters. The molecule has 2 nitrogen and oxygen atoms in total. The van der Waals surface area contributed by atoms with E-state index in [4.69, 9.17) is 9.97 Å². The van der Waals surface area contributed by atoms with Crippen LogP contribution in [0, 0.1) is 23.7 Å². The molecule has 4 rings (SSSR count). The van der Waals surface area contributed by atoms with E-state index in [1.54, 1.807) is 0 Å². The highest BCUT2D eigenvalue weighted by Crippen LogP contribution is 2.44. The van der Waals surface area contributed by atoms with E-state index in [0.29, 0.717) is 11.8 Å². The predicted molar refractivity (Wildman–Crippen MR) is 154 cm³/mol. The zero-order chi connectivity index (χ0) is 25.0. The van der Waals surface area contributed by atoms with E-state index in [1.165, 1.54) is 147 Å². The van der Waals surface area contributed by atoms with E-state index in [1.807, 2.05) is 0 Å². The Labute approximate surface area is 224 Å². The van der Waals surface area contributed by atoms with E-state index < -0.39 is 0 Å². The van der Waals surface area contributed by atoms with Crippen LogP contribution in [0.1, 0.15) is 178 Å². The van der Waals surface area contributed by atoms with Gasteiger partial charge in [-0.3, -0.25) is 0 Å². The highest BCUT2D eigenvalue weighted by atomic mass is 14.9. The summed E-state index contributed by atoms with van der Waals surface area (Å²) in [4.78, 5) is 9.81. The minimum atomic E-state index is 0.615. The van der Waals surface area contributed by atoms with Crippen LogP contribution < -0.4 is 0 Å². The molecule has 1 aromatic rings. The third-order valence-electron chi connectivity index (χ3n) is 10.6. The first kappa shape index (κ1) is 28.1. The van der Waals surface area contributed by atoms with Crippen molar-refractivity contribution in [2.45, 2.75) is 167 Å². The first-order valence-electron chi connectivity index (χ1n) is 16.6. The number of aromatic nitrogens is 2. The molecule has 0 unspecified atom stereocenters. The van der Waals surface area contributed by atoms with Crippen LogP contribution in [0.4, 0.5) is 0 Å². The van der Waals surface area contributed by atoms with Crippen molar-refractivity contribution in [3.8, 4) is 0 Å². The van der Waals surface area contributed by atoms with Gasteiger partial charge < -0.3 is 0 Å². The Morgan fingerprint density at radius 2 is 1.03 bits per heavy atom. The molecule has 0 amide bonds. The monoisotopic (exact) mass is 494 g/mol. The van der Waals surface area contributed by atoms with Gasteiger partial charge in [-0.25, -0.2) is 9.97 Å². The Kier molecular flexibility index (Phi) is 12.1. The highest BCUT2D eigenvalue weighted by Gasteiger charge is 2.31. The molecule has 0 saturated heterocycles. The van der Waals surface area contributed by atoms with Crippen LogP contribution in [0.5, 0.6) is 0 Å². The summed E-state index contributed by atoms with van der Waals surface area (Å²) in [5.41, 5.74) is 1.43. The van der Waals surface area contributed by atoms with Gasteiger partial charge in [0.15, 0.2) is 0 Å². The third kappa shape index (κ3) is 8.56. The number of rotatable bonds is 13. The zero-order valence-corrected chi connectivity index (χ0v) is 24.1. The van der Waals surface area contributed by atoms with Gasteiger partial charge in [-0.2, -0.15) is 0 Å². The maximum absolute atomic E-state index is 4.90. The number of hydrogen-bond donors (Lipinski definition) is 0. The van der Waals surface area contributed by atoms with Crippen LogP contribution in [0.15, 0.2) is 12.4 Å². The molecule has 0 bridgehead atoms. The molecule has 0 aromatic carbocycles. The van der Waals surface area contributed by atoms with E-state index in [2.05, 4.69) is 26.2 Å². The Balaban J connectivity index is 1.11. The largest absolute Gasteiger partial charge is 0.241 e. The van der Waals surface area contributed by atoms with Gasteiger partial charge in [0.05, 0.1) is 0 Å². The highest BCUT2D eigenvalue weighted by molar-refractivity contribution is 5.14.